The van der Waals surface area contributed by atoms with Crippen LogP contribution in [0.2, 0.25) is 0 Å². The average Bonchev–Trinajstić information content (AvgIpc) is 3.25. The predicted molar refractivity (Wildman–Crippen MR) is 124 cm³/mol. The number of nitrogens with zero attached hydrogens (tertiary/aromatic N) is 2. The topological polar surface area (TPSA) is 45.5 Å². The Kier molecular flexibility index (Phi) is 6.97. The quantitative estimate of drug-likeness (QED) is 0.375. The second-order valence-corrected chi connectivity index (χ2v) is 8.44. The maximum absolute atomic E-state index is 13.2. The van der Waals surface area contributed by atoms with Crippen molar-refractivity contribution in [3.63, 3.8) is 0 Å². The Morgan fingerprint density at radius 2 is 1.71 bits per heavy atom. The molecule has 1 heterocycles. The Bertz CT molecular complexity index is 1140. The Balaban J connectivity index is 1.41. The molecule has 1 fully saturated rings. The van der Waals surface area contributed by atoms with Gasteiger partial charge in [0.15, 0.2) is 0 Å². The molecule has 0 spiro atoms. The second-order valence-electron chi connectivity index (χ2n) is 8.44. The van der Waals surface area contributed by atoms with Crippen LogP contribution in [-0.4, -0.2) is 18.8 Å². The molecule has 1 aliphatic heterocycles. The summed E-state index contributed by atoms with van der Waals surface area (Å²) in [7, 11) is 0. The normalized spacial score (nSPS) is 17.9. The van der Waals surface area contributed by atoms with Gasteiger partial charge in [-0.05, 0) is 66.9 Å². The second kappa shape index (κ2) is 10.1. The molecule has 0 radical (unpaired) electrons. The van der Waals surface area contributed by atoms with E-state index in [1.54, 1.807) is 29.2 Å². The van der Waals surface area contributed by atoms with Crippen molar-refractivity contribution in [1.29, 1.82) is 5.26 Å². The number of aryl methyl sites for hydroxylation is 1. The number of anilines is 1. The molecule has 2 atom stereocenters. The summed E-state index contributed by atoms with van der Waals surface area (Å²) < 4.78 is 51.5. The van der Waals surface area contributed by atoms with Crippen molar-refractivity contribution in [2.45, 2.75) is 38.6 Å². The van der Waals surface area contributed by atoms with Gasteiger partial charge in [-0.25, -0.2) is 0 Å². The van der Waals surface area contributed by atoms with Crippen LogP contribution in [0.4, 0.5) is 18.9 Å². The minimum absolute atomic E-state index is 0.0583. The summed E-state index contributed by atoms with van der Waals surface area (Å²) in [5.74, 6) is 0.557. The molecule has 0 N–H and O–H groups in total. The molecule has 0 amide bonds. The van der Waals surface area contributed by atoms with Crippen LogP contribution < -0.4 is 14.4 Å². The first-order valence-corrected chi connectivity index (χ1v) is 11.1. The lowest BCUT2D eigenvalue weighted by molar-refractivity contribution is -0.168. The fourth-order valence-electron chi connectivity index (χ4n) is 4.17. The average molecular weight is 467 g/mol. The van der Waals surface area contributed by atoms with Crippen LogP contribution in [0.5, 0.6) is 17.2 Å². The zero-order valence-electron chi connectivity index (χ0n) is 18.8. The van der Waals surface area contributed by atoms with Gasteiger partial charge in [-0.15, -0.1) is 0 Å². The summed E-state index contributed by atoms with van der Waals surface area (Å²) in [5.41, 5.74) is 2.63. The number of ether oxygens (including phenoxy) is 2. The van der Waals surface area contributed by atoms with E-state index < -0.39 is 18.1 Å². The third-order valence-corrected chi connectivity index (χ3v) is 6.00. The van der Waals surface area contributed by atoms with E-state index in [0.717, 1.165) is 16.9 Å². The van der Waals surface area contributed by atoms with Crippen LogP contribution in [0, 0.1) is 24.2 Å². The molecule has 3 aromatic carbocycles. The van der Waals surface area contributed by atoms with E-state index in [1.165, 1.54) is 0 Å². The molecule has 0 aromatic heterocycles. The molecule has 0 aliphatic carbocycles. The van der Waals surface area contributed by atoms with Crippen molar-refractivity contribution in [1.82, 2.24) is 0 Å². The fourth-order valence-corrected chi connectivity index (χ4v) is 4.17. The highest BCUT2D eigenvalue weighted by Crippen LogP contribution is 2.40. The molecule has 4 rings (SSSR count). The van der Waals surface area contributed by atoms with Gasteiger partial charge in [-0.3, -0.25) is 0 Å². The van der Waals surface area contributed by atoms with Gasteiger partial charge in [0.1, 0.15) is 23.9 Å². The molecular formula is C27H25F3N2O2. The first-order chi connectivity index (χ1) is 16.3. The molecule has 176 valence electrons. The molecule has 0 bridgehead atoms. The van der Waals surface area contributed by atoms with Crippen molar-refractivity contribution < 1.29 is 22.6 Å². The summed E-state index contributed by atoms with van der Waals surface area (Å²) in [4.78, 5) is 1.68. The Morgan fingerprint density at radius 1 is 1.00 bits per heavy atom. The predicted octanol–water partition coefficient (Wildman–Crippen LogP) is 7.04. The minimum Gasteiger partial charge on any atom is -0.489 e. The molecule has 1 saturated heterocycles. The number of halogens is 3. The number of rotatable bonds is 7. The standard InChI is InChI=1S/C27H25F3N2O2/c1-19-15-25(33-18-20-5-3-2-4-6-20)11-12-26(19)34-24-9-7-22(8-10-24)32-17-21(27(28,29)30)16-23(32)13-14-31/h2-12,15,21,23H,13,16-18H2,1H3/t21-,23+/m0/s1. The van der Waals surface area contributed by atoms with Crippen LogP contribution in [0.3, 0.4) is 0 Å². The number of nitriles is 1. The van der Waals surface area contributed by atoms with Crippen LogP contribution in [0.1, 0.15) is 24.0 Å². The van der Waals surface area contributed by atoms with Crippen molar-refractivity contribution in [2.75, 3.05) is 11.4 Å². The zero-order chi connectivity index (χ0) is 24.1. The minimum atomic E-state index is -4.26. The van der Waals surface area contributed by atoms with Gasteiger partial charge in [-0.2, -0.15) is 18.4 Å². The number of benzene rings is 3. The monoisotopic (exact) mass is 466 g/mol. The fraction of sp³-hybridized carbons (Fsp3) is 0.296. The molecule has 0 unspecified atom stereocenters. The first-order valence-electron chi connectivity index (χ1n) is 11.1. The van der Waals surface area contributed by atoms with Gasteiger partial charge in [0.25, 0.3) is 0 Å². The highest BCUT2D eigenvalue weighted by molar-refractivity contribution is 5.52. The summed E-state index contributed by atoms with van der Waals surface area (Å²) >= 11 is 0. The Morgan fingerprint density at radius 3 is 2.35 bits per heavy atom. The van der Waals surface area contributed by atoms with Crippen LogP contribution >= 0.6 is 0 Å². The smallest absolute Gasteiger partial charge is 0.393 e. The summed E-state index contributed by atoms with van der Waals surface area (Å²) in [6.45, 7) is 2.26. The SMILES string of the molecule is Cc1cc(OCc2ccccc2)ccc1Oc1ccc(N2C[C@@H](C(F)(F)F)C[C@H]2CC#N)cc1. The number of hydrogen-bond acceptors (Lipinski definition) is 4. The van der Waals surface area contributed by atoms with Crippen molar-refractivity contribution in [3.05, 3.63) is 83.9 Å². The van der Waals surface area contributed by atoms with E-state index in [9.17, 15) is 13.2 Å². The first kappa shape index (κ1) is 23.5. The molecule has 0 saturated carbocycles. The number of alkyl halides is 3. The lowest BCUT2D eigenvalue weighted by Crippen LogP contribution is -2.30. The van der Waals surface area contributed by atoms with Gasteiger partial charge in [0.05, 0.1) is 18.4 Å². The Hall–Kier alpha value is -3.66. The highest BCUT2D eigenvalue weighted by Gasteiger charge is 2.47. The van der Waals surface area contributed by atoms with Crippen LogP contribution in [0.15, 0.2) is 72.8 Å². The molecule has 7 heteroatoms. The molecule has 1 aliphatic rings. The lowest BCUT2D eigenvalue weighted by Gasteiger charge is -2.25. The van der Waals surface area contributed by atoms with Gasteiger partial charge in [0.2, 0.25) is 0 Å². The molecule has 3 aromatic rings. The van der Waals surface area contributed by atoms with Crippen molar-refractivity contribution >= 4 is 5.69 Å². The Labute approximate surface area is 197 Å². The van der Waals surface area contributed by atoms with Gasteiger partial charge in [0, 0.05) is 18.3 Å². The highest BCUT2D eigenvalue weighted by atomic mass is 19.4. The molecular weight excluding hydrogens is 441 g/mol. The van der Waals surface area contributed by atoms with E-state index in [0.29, 0.717) is 23.8 Å². The number of hydrogen-bond donors (Lipinski definition) is 0. The maximum atomic E-state index is 13.2. The van der Waals surface area contributed by atoms with E-state index >= 15 is 0 Å². The van der Waals surface area contributed by atoms with Crippen molar-refractivity contribution in [2.24, 2.45) is 5.92 Å². The van der Waals surface area contributed by atoms with Gasteiger partial charge < -0.3 is 14.4 Å². The lowest BCUT2D eigenvalue weighted by atomic mass is 10.0. The van der Waals surface area contributed by atoms with E-state index in [1.807, 2.05) is 61.5 Å². The third kappa shape index (κ3) is 5.63. The largest absolute Gasteiger partial charge is 0.489 e. The van der Waals surface area contributed by atoms with Crippen LogP contribution in [0.25, 0.3) is 0 Å². The van der Waals surface area contributed by atoms with Gasteiger partial charge >= 0.3 is 6.18 Å². The van der Waals surface area contributed by atoms with Gasteiger partial charge in [-0.1, -0.05) is 30.3 Å². The summed E-state index contributed by atoms with van der Waals surface area (Å²) in [6, 6.07) is 24.0. The zero-order valence-corrected chi connectivity index (χ0v) is 18.8. The summed E-state index contributed by atoms with van der Waals surface area (Å²) in [5, 5.41) is 9.04. The van der Waals surface area contributed by atoms with E-state index in [-0.39, 0.29) is 19.4 Å². The summed E-state index contributed by atoms with van der Waals surface area (Å²) in [6.07, 6.45) is -4.27. The third-order valence-electron chi connectivity index (χ3n) is 6.00. The maximum Gasteiger partial charge on any atom is 0.393 e. The van der Waals surface area contributed by atoms with E-state index in [4.69, 9.17) is 14.7 Å². The molecule has 34 heavy (non-hydrogen) atoms. The van der Waals surface area contributed by atoms with E-state index in [2.05, 4.69) is 0 Å². The van der Waals surface area contributed by atoms with Crippen LogP contribution in [-0.2, 0) is 6.61 Å². The van der Waals surface area contributed by atoms with Crippen molar-refractivity contribution in [3.8, 4) is 23.3 Å². The molecule has 4 nitrogen and oxygen atoms in total.